The minimum Gasteiger partial charge on any atom is -0.454 e. The van der Waals surface area contributed by atoms with E-state index < -0.39 is 0 Å². The first-order valence-corrected chi connectivity index (χ1v) is 7.24. The van der Waals surface area contributed by atoms with E-state index in [-0.39, 0.29) is 6.79 Å². The van der Waals surface area contributed by atoms with Gasteiger partial charge < -0.3 is 14.8 Å². The molecular formula is C16H19N3O2. The maximum atomic E-state index is 5.42. The Hall–Kier alpha value is -2.30. The second-order valence-electron chi connectivity index (χ2n) is 4.91. The van der Waals surface area contributed by atoms with Crippen molar-refractivity contribution < 1.29 is 9.47 Å². The molecule has 5 heteroatoms. The number of aromatic nitrogens is 2. The van der Waals surface area contributed by atoms with Gasteiger partial charge in [0.15, 0.2) is 17.3 Å². The predicted molar refractivity (Wildman–Crippen MR) is 81.9 cm³/mol. The lowest BCUT2D eigenvalue weighted by Gasteiger charge is -2.13. The lowest BCUT2D eigenvalue weighted by atomic mass is 10.1. The highest BCUT2D eigenvalue weighted by Gasteiger charge is 2.16. The third-order valence-electron chi connectivity index (χ3n) is 3.54. The van der Waals surface area contributed by atoms with Crippen molar-refractivity contribution in [3.05, 3.63) is 29.5 Å². The number of fused-ring (bicyclic) bond motifs is 1. The van der Waals surface area contributed by atoms with Gasteiger partial charge >= 0.3 is 0 Å². The largest absolute Gasteiger partial charge is 0.454 e. The average Bonchev–Trinajstić information content (AvgIpc) is 2.94. The number of benzene rings is 1. The highest BCUT2D eigenvalue weighted by molar-refractivity contribution is 5.64. The van der Waals surface area contributed by atoms with E-state index in [2.05, 4.69) is 29.1 Å². The summed E-state index contributed by atoms with van der Waals surface area (Å²) in [6.07, 6.45) is 0.912. The Morgan fingerprint density at radius 3 is 2.71 bits per heavy atom. The zero-order valence-electron chi connectivity index (χ0n) is 12.6. The fourth-order valence-corrected chi connectivity index (χ4v) is 2.50. The van der Waals surface area contributed by atoms with Crippen LogP contribution in [-0.2, 0) is 6.42 Å². The maximum absolute atomic E-state index is 5.42. The van der Waals surface area contributed by atoms with Gasteiger partial charge in [-0.25, -0.2) is 9.97 Å². The summed E-state index contributed by atoms with van der Waals surface area (Å²) in [6.45, 7) is 7.32. The van der Waals surface area contributed by atoms with Crippen molar-refractivity contribution in [2.45, 2.75) is 27.2 Å². The molecule has 110 valence electrons. The number of ether oxygens (including phenoxy) is 2. The van der Waals surface area contributed by atoms with E-state index in [0.29, 0.717) is 5.82 Å². The normalized spacial score (nSPS) is 12.5. The SMILES string of the molecule is CCNc1nc(-c2ccc3c(c2)OCO3)nc(C)c1CC. The van der Waals surface area contributed by atoms with E-state index in [1.807, 2.05) is 25.1 Å². The molecule has 0 bridgehead atoms. The summed E-state index contributed by atoms with van der Waals surface area (Å²) in [5.74, 6) is 3.14. The number of aryl methyl sites for hydroxylation is 1. The Bertz CT molecular complexity index is 671. The van der Waals surface area contributed by atoms with Crippen LogP contribution in [0, 0.1) is 6.92 Å². The van der Waals surface area contributed by atoms with E-state index in [0.717, 1.165) is 41.5 Å². The molecule has 1 aliphatic rings. The van der Waals surface area contributed by atoms with Crippen LogP contribution in [0.5, 0.6) is 11.5 Å². The molecule has 2 aromatic rings. The van der Waals surface area contributed by atoms with Crippen molar-refractivity contribution in [2.24, 2.45) is 0 Å². The first-order chi connectivity index (χ1) is 10.2. The summed E-state index contributed by atoms with van der Waals surface area (Å²) in [5.41, 5.74) is 3.11. The number of nitrogens with zero attached hydrogens (tertiary/aromatic N) is 2. The summed E-state index contributed by atoms with van der Waals surface area (Å²) in [5, 5.41) is 3.32. The molecule has 0 atom stereocenters. The molecule has 0 aliphatic carbocycles. The van der Waals surface area contributed by atoms with Crippen molar-refractivity contribution in [1.82, 2.24) is 9.97 Å². The van der Waals surface area contributed by atoms with Crippen LogP contribution in [0.25, 0.3) is 11.4 Å². The Morgan fingerprint density at radius 2 is 1.95 bits per heavy atom. The van der Waals surface area contributed by atoms with Gasteiger partial charge in [0.2, 0.25) is 6.79 Å². The lowest BCUT2D eigenvalue weighted by molar-refractivity contribution is 0.174. The average molecular weight is 285 g/mol. The summed E-state index contributed by atoms with van der Waals surface area (Å²) >= 11 is 0. The fraction of sp³-hybridized carbons (Fsp3) is 0.375. The minimum absolute atomic E-state index is 0.274. The molecule has 0 fully saturated rings. The molecule has 1 aromatic carbocycles. The van der Waals surface area contributed by atoms with Crippen molar-refractivity contribution in [3.63, 3.8) is 0 Å². The number of anilines is 1. The van der Waals surface area contributed by atoms with Gasteiger partial charge in [0.25, 0.3) is 0 Å². The Labute approximate surface area is 124 Å². The fourth-order valence-electron chi connectivity index (χ4n) is 2.50. The zero-order chi connectivity index (χ0) is 14.8. The van der Waals surface area contributed by atoms with Crippen LogP contribution in [0.4, 0.5) is 5.82 Å². The predicted octanol–water partition coefficient (Wildman–Crippen LogP) is 3.17. The standard InChI is InChI=1S/C16H19N3O2/c1-4-12-10(3)18-15(19-16(12)17-5-2)11-6-7-13-14(8-11)21-9-20-13/h6-8H,4-5,9H2,1-3H3,(H,17,18,19). The summed E-state index contributed by atoms with van der Waals surface area (Å²) in [4.78, 5) is 9.31. The minimum atomic E-state index is 0.274. The monoisotopic (exact) mass is 285 g/mol. The first-order valence-electron chi connectivity index (χ1n) is 7.24. The molecule has 0 radical (unpaired) electrons. The smallest absolute Gasteiger partial charge is 0.231 e. The second kappa shape index (κ2) is 5.60. The van der Waals surface area contributed by atoms with Crippen molar-refractivity contribution in [3.8, 4) is 22.9 Å². The summed E-state index contributed by atoms with van der Waals surface area (Å²) in [7, 11) is 0. The van der Waals surface area contributed by atoms with Crippen LogP contribution in [0.3, 0.4) is 0 Å². The van der Waals surface area contributed by atoms with Gasteiger partial charge in [-0.05, 0) is 38.5 Å². The van der Waals surface area contributed by atoms with Crippen molar-refractivity contribution in [2.75, 3.05) is 18.7 Å². The van der Waals surface area contributed by atoms with Crippen molar-refractivity contribution >= 4 is 5.82 Å². The third kappa shape index (κ3) is 2.51. The van der Waals surface area contributed by atoms with Crippen LogP contribution >= 0.6 is 0 Å². The van der Waals surface area contributed by atoms with Gasteiger partial charge in [-0.2, -0.15) is 0 Å². The topological polar surface area (TPSA) is 56.3 Å². The van der Waals surface area contributed by atoms with E-state index >= 15 is 0 Å². The molecule has 1 N–H and O–H groups in total. The third-order valence-corrected chi connectivity index (χ3v) is 3.54. The molecule has 0 saturated carbocycles. The highest BCUT2D eigenvalue weighted by atomic mass is 16.7. The molecule has 0 saturated heterocycles. The van der Waals surface area contributed by atoms with Gasteiger partial charge in [-0.3, -0.25) is 0 Å². The molecule has 1 aliphatic heterocycles. The number of rotatable bonds is 4. The lowest BCUT2D eigenvalue weighted by Crippen LogP contribution is -2.07. The summed E-state index contributed by atoms with van der Waals surface area (Å²) < 4.78 is 10.8. The van der Waals surface area contributed by atoms with Crippen LogP contribution in [0.15, 0.2) is 18.2 Å². The first kappa shape index (κ1) is 13.7. The molecule has 1 aromatic heterocycles. The van der Waals surface area contributed by atoms with Gasteiger partial charge in [0.1, 0.15) is 5.82 Å². The van der Waals surface area contributed by atoms with Crippen LogP contribution in [0.2, 0.25) is 0 Å². The number of hydrogen-bond donors (Lipinski definition) is 1. The van der Waals surface area contributed by atoms with E-state index in [9.17, 15) is 0 Å². The molecule has 2 heterocycles. The molecule has 0 amide bonds. The molecular weight excluding hydrogens is 266 g/mol. The van der Waals surface area contributed by atoms with Gasteiger partial charge in [0, 0.05) is 23.4 Å². The Morgan fingerprint density at radius 1 is 1.14 bits per heavy atom. The van der Waals surface area contributed by atoms with Gasteiger partial charge in [0.05, 0.1) is 0 Å². The molecule has 5 nitrogen and oxygen atoms in total. The Kier molecular flexibility index (Phi) is 3.64. The summed E-state index contributed by atoms with van der Waals surface area (Å²) in [6, 6.07) is 5.79. The molecule has 0 unspecified atom stereocenters. The zero-order valence-corrected chi connectivity index (χ0v) is 12.6. The molecule has 0 spiro atoms. The quantitative estimate of drug-likeness (QED) is 0.935. The van der Waals surface area contributed by atoms with Crippen LogP contribution in [-0.4, -0.2) is 23.3 Å². The maximum Gasteiger partial charge on any atom is 0.231 e. The Balaban J connectivity index is 2.06. The molecule has 3 rings (SSSR count). The highest BCUT2D eigenvalue weighted by Crippen LogP contribution is 2.35. The van der Waals surface area contributed by atoms with Crippen LogP contribution in [0.1, 0.15) is 25.1 Å². The van der Waals surface area contributed by atoms with E-state index in [1.165, 1.54) is 5.56 Å². The van der Waals surface area contributed by atoms with E-state index in [1.54, 1.807) is 0 Å². The number of nitrogens with one attached hydrogen (secondary N) is 1. The van der Waals surface area contributed by atoms with Crippen molar-refractivity contribution in [1.29, 1.82) is 0 Å². The van der Waals surface area contributed by atoms with Crippen LogP contribution < -0.4 is 14.8 Å². The van der Waals surface area contributed by atoms with Gasteiger partial charge in [-0.15, -0.1) is 0 Å². The van der Waals surface area contributed by atoms with E-state index in [4.69, 9.17) is 9.47 Å². The molecule has 21 heavy (non-hydrogen) atoms. The van der Waals surface area contributed by atoms with Gasteiger partial charge in [-0.1, -0.05) is 6.92 Å². The second-order valence-corrected chi connectivity index (χ2v) is 4.91. The number of hydrogen-bond acceptors (Lipinski definition) is 5.